The van der Waals surface area contributed by atoms with Gasteiger partial charge in [0.25, 0.3) is 0 Å². The number of hydrogen-bond acceptors (Lipinski definition) is 2. The van der Waals surface area contributed by atoms with Crippen molar-refractivity contribution < 1.29 is 9.53 Å². The van der Waals surface area contributed by atoms with Crippen LogP contribution in [0.5, 0.6) is 0 Å². The molecular formula is C22H42O2. The first-order valence-corrected chi connectivity index (χ1v) is 10.9. The predicted octanol–water partition coefficient (Wildman–Crippen LogP) is 7.20. The smallest absolute Gasteiger partial charge is 0.306 e. The van der Waals surface area contributed by atoms with Crippen molar-refractivity contribution in [3.63, 3.8) is 0 Å². The van der Waals surface area contributed by atoms with Gasteiger partial charge in [0.1, 0.15) is 0 Å². The van der Waals surface area contributed by atoms with E-state index in [1.165, 1.54) is 103 Å². The Morgan fingerprint density at radius 3 is 1.50 bits per heavy atom. The maximum atomic E-state index is 11.7. The van der Waals surface area contributed by atoms with Crippen molar-refractivity contribution in [2.75, 3.05) is 6.61 Å². The molecule has 1 aliphatic heterocycles. The molecule has 1 saturated heterocycles. The zero-order valence-corrected chi connectivity index (χ0v) is 16.5. The number of cyclic esters (lactones) is 1. The zero-order valence-electron chi connectivity index (χ0n) is 16.5. The van der Waals surface area contributed by atoms with Crippen molar-refractivity contribution in [2.45, 2.75) is 123 Å². The summed E-state index contributed by atoms with van der Waals surface area (Å²) in [7, 11) is 0. The molecule has 1 aliphatic rings. The molecule has 1 rings (SSSR count). The molecule has 1 heterocycles. The molecule has 0 amide bonds. The number of unbranched alkanes of at least 4 members (excludes halogenated alkanes) is 12. The number of carbonyl (C=O) groups excluding carboxylic acids is 1. The summed E-state index contributed by atoms with van der Waals surface area (Å²) in [6.07, 6.45) is 22.0. The van der Waals surface area contributed by atoms with Crippen LogP contribution in [0, 0.1) is 5.41 Å². The van der Waals surface area contributed by atoms with E-state index in [4.69, 9.17) is 4.74 Å². The van der Waals surface area contributed by atoms with Crippen LogP contribution < -0.4 is 0 Å². The third-order valence-corrected chi connectivity index (χ3v) is 5.68. The van der Waals surface area contributed by atoms with Gasteiger partial charge >= 0.3 is 5.97 Å². The molecule has 1 fully saturated rings. The van der Waals surface area contributed by atoms with Gasteiger partial charge in [-0.05, 0) is 12.8 Å². The lowest BCUT2D eigenvalue weighted by atomic mass is 9.77. The molecule has 0 unspecified atom stereocenters. The first kappa shape index (κ1) is 21.5. The minimum atomic E-state index is 0.0425. The Morgan fingerprint density at radius 1 is 0.708 bits per heavy atom. The summed E-state index contributed by atoms with van der Waals surface area (Å²) < 4.78 is 5.35. The molecule has 0 aromatic carbocycles. The first-order valence-electron chi connectivity index (χ1n) is 10.9. The molecule has 0 aromatic heterocycles. The van der Waals surface area contributed by atoms with Crippen molar-refractivity contribution in [3.8, 4) is 0 Å². The fourth-order valence-electron chi connectivity index (χ4n) is 4.00. The number of carbonyl (C=O) groups is 1. The van der Waals surface area contributed by atoms with Crippen LogP contribution in [-0.4, -0.2) is 12.6 Å². The first-order chi connectivity index (χ1) is 11.7. The van der Waals surface area contributed by atoms with Gasteiger partial charge in [-0.3, -0.25) is 4.79 Å². The van der Waals surface area contributed by atoms with Gasteiger partial charge in [0.2, 0.25) is 0 Å². The summed E-state index contributed by atoms with van der Waals surface area (Å²) >= 11 is 0. The van der Waals surface area contributed by atoms with Crippen LogP contribution in [0.25, 0.3) is 0 Å². The Bertz CT molecular complexity index is 293. The minimum absolute atomic E-state index is 0.0425. The van der Waals surface area contributed by atoms with Crippen LogP contribution in [0.4, 0.5) is 0 Å². The van der Waals surface area contributed by atoms with E-state index < -0.39 is 0 Å². The van der Waals surface area contributed by atoms with Crippen LogP contribution in [0.2, 0.25) is 0 Å². The summed E-state index contributed by atoms with van der Waals surface area (Å²) in [4.78, 5) is 11.7. The monoisotopic (exact) mass is 338 g/mol. The number of rotatable bonds is 16. The normalized spacial score (nSPS) is 16.5. The fourth-order valence-corrected chi connectivity index (χ4v) is 4.00. The van der Waals surface area contributed by atoms with Crippen molar-refractivity contribution in [1.82, 2.24) is 0 Å². The van der Waals surface area contributed by atoms with Crippen LogP contribution in [0.3, 0.4) is 0 Å². The van der Waals surface area contributed by atoms with Gasteiger partial charge in [-0.25, -0.2) is 0 Å². The molecule has 0 aromatic rings. The number of ether oxygens (including phenoxy) is 1. The van der Waals surface area contributed by atoms with Crippen molar-refractivity contribution in [3.05, 3.63) is 0 Å². The highest BCUT2D eigenvalue weighted by Gasteiger charge is 2.39. The quantitative estimate of drug-likeness (QED) is 0.220. The average molecular weight is 339 g/mol. The Hall–Kier alpha value is -0.530. The van der Waals surface area contributed by atoms with Gasteiger partial charge in [-0.2, -0.15) is 0 Å². The van der Waals surface area contributed by atoms with E-state index in [-0.39, 0.29) is 11.4 Å². The van der Waals surface area contributed by atoms with E-state index in [9.17, 15) is 4.79 Å². The van der Waals surface area contributed by atoms with Crippen molar-refractivity contribution in [2.24, 2.45) is 5.41 Å². The SMILES string of the molecule is CCCCCCCCCC1(CCCCCCCCC)COC(=O)C1. The van der Waals surface area contributed by atoms with Crippen LogP contribution >= 0.6 is 0 Å². The van der Waals surface area contributed by atoms with Crippen LogP contribution in [0.1, 0.15) is 123 Å². The van der Waals surface area contributed by atoms with E-state index in [1.54, 1.807) is 0 Å². The third kappa shape index (κ3) is 9.69. The Labute approximate surface area is 151 Å². The van der Waals surface area contributed by atoms with Crippen molar-refractivity contribution >= 4 is 5.97 Å². The van der Waals surface area contributed by atoms with Gasteiger partial charge in [0, 0.05) is 5.41 Å². The minimum Gasteiger partial charge on any atom is -0.465 e. The topological polar surface area (TPSA) is 26.3 Å². The zero-order chi connectivity index (χ0) is 17.5. The summed E-state index contributed by atoms with van der Waals surface area (Å²) in [5.41, 5.74) is 0.184. The predicted molar refractivity (Wildman–Crippen MR) is 103 cm³/mol. The van der Waals surface area contributed by atoms with Gasteiger partial charge in [0.15, 0.2) is 0 Å². The van der Waals surface area contributed by atoms with Gasteiger partial charge in [-0.1, -0.05) is 104 Å². The van der Waals surface area contributed by atoms with E-state index in [0.29, 0.717) is 13.0 Å². The second kappa shape index (κ2) is 13.7. The summed E-state index contributed by atoms with van der Waals surface area (Å²) in [6.45, 7) is 5.23. The molecule has 0 aliphatic carbocycles. The van der Waals surface area contributed by atoms with E-state index in [2.05, 4.69) is 13.8 Å². The van der Waals surface area contributed by atoms with Gasteiger partial charge in [-0.15, -0.1) is 0 Å². The number of esters is 1. The highest BCUT2D eigenvalue weighted by molar-refractivity contribution is 5.72. The summed E-state index contributed by atoms with van der Waals surface area (Å²) in [6, 6.07) is 0. The summed E-state index contributed by atoms with van der Waals surface area (Å²) in [5.74, 6) is 0.0425. The molecule has 24 heavy (non-hydrogen) atoms. The lowest BCUT2D eigenvalue weighted by Gasteiger charge is -2.26. The Morgan fingerprint density at radius 2 is 1.12 bits per heavy atom. The standard InChI is InChI=1S/C22H42O2/c1-3-5-7-9-11-13-15-17-22(19-21(23)24-20-22)18-16-14-12-10-8-6-4-2/h3-20H2,1-2H3. The molecule has 0 saturated carbocycles. The molecule has 0 bridgehead atoms. The molecule has 0 radical (unpaired) electrons. The van der Waals surface area contributed by atoms with Crippen LogP contribution in [0.15, 0.2) is 0 Å². The van der Waals surface area contributed by atoms with E-state index >= 15 is 0 Å². The Kier molecular flexibility index (Phi) is 12.3. The van der Waals surface area contributed by atoms with E-state index in [0.717, 1.165) is 0 Å². The maximum absolute atomic E-state index is 11.7. The fraction of sp³-hybridized carbons (Fsp3) is 0.955. The van der Waals surface area contributed by atoms with Gasteiger partial charge in [0.05, 0.1) is 13.0 Å². The lowest BCUT2D eigenvalue weighted by molar-refractivity contribution is -0.137. The second-order valence-corrected chi connectivity index (χ2v) is 8.08. The second-order valence-electron chi connectivity index (χ2n) is 8.08. The number of hydrogen-bond donors (Lipinski definition) is 0. The largest absolute Gasteiger partial charge is 0.465 e. The maximum Gasteiger partial charge on any atom is 0.306 e. The van der Waals surface area contributed by atoms with Gasteiger partial charge < -0.3 is 4.74 Å². The lowest BCUT2D eigenvalue weighted by Crippen LogP contribution is -2.21. The van der Waals surface area contributed by atoms with Crippen LogP contribution in [-0.2, 0) is 9.53 Å². The highest BCUT2D eigenvalue weighted by atomic mass is 16.5. The molecule has 2 nitrogen and oxygen atoms in total. The molecule has 0 atom stereocenters. The molecular weight excluding hydrogens is 296 g/mol. The van der Waals surface area contributed by atoms with Crippen molar-refractivity contribution in [1.29, 1.82) is 0 Å². The molecule has 0 N–H and O–H groups in total. The molecule has 2 heteroatoms. The average Bonchev–Trinajstić information content (AvgIpc) is 2.94. The van der Waals surface area contributed by atoms with E-state index in [1.807, 2.05) is 0 Å². The Balaban J connectivity index is 2.14. The molecule has 142 valence electrons. The summed E-state index contributed by atoms with van der Waals surface area (Å²) in [5, 5.41) is 0. The third-order valence-electron chi connectivity index (χ3n) is 5.68. The highest BCUT2D eigenvalue weighted by Crippen LogP contribution is 2.40. The molecule has 0 spiro atoms.